The zero-order valence-corrected chi connectivity index (χ0v) is 11.5. The molecule has 0 bridgehead atoms. The molecule has 0 aromatic carbocycles. The fraction of sp³-hybridized carbons (Fsp3) is 0.667. The van der Waals surface area contributed by atoms with Gasteiger partial charge in [-0.3, -0.25) is 0 Å². The van der Waals surface area contributed by atoms with E-state index in [2.05, 4.69) is 16.8 Å². The Morgan fingerprint density at radius 3 is 2.67 bits per heavy atom. The number of aromatic nitrogens is 1. The number of aryl methyl sites for hydroxylation is 1. The van der Waals surface area contributed by atoms with Gasteiger partial charge in [-0.05, 0) is 43.4 Å². The molecule has 1 aliphatic heterocycles. The number of pyridine rings is 1. The monoisotopic (exact) mass is 248 g/mol. The molecule has 1 fully saturated rings. The maximum absolute atomic E-state index is 9.25. The van der Waals surface area contributed by atoms with Gasteiger partial charge in [0.2, 0.25) is 0 Å². The Labute approximate surface area is 110 Å². The van der Waals surface area contributed by atoms with E-state index >= 15 is 0 Å². The van der Waals surface area contributed by atoms with Gasteiger partial charge in [0.1, 0.15) is 5.82 Å². The number of nitrogens with zero attached hydrogens (tertiary/aromatic N) is 2. The van der Waals surface area contributed by atoms with Crippen LogP contribution in [0.2, 0.25) is 0 Å². The minimum absolute atomic E-state index is 0.0999. The third kappa shape index (κ3) is 3.22. The lowest BCUT2D eigenvalue weighted by Crippen LogP contribution is -2.34. The lowest BCUT2D eigenvalue weighted by atomic mass is 9.92. The molecule has 0 aliphatic carbocycles. The Bertz CT molecular complexity index is 384. The summed E-state index contributed by atoms with van der Waals surface area (Å²) in [4.78, 5) is 6.95. The van der Waals surface area contributed by atoms with Crippen LogP contribution in [0.1, 0.15) is 43.9 Å². The Kier molecular flexibility index (Phi) is 4.59. The van der Waals surface area contributed by atoms with E-state index in [1.807, 2.05) is 19.1 Å². The highest BCUT2D eigenvalue weighted by Crippen LogP contribution is 2.25. The fourth-order valence-corrected chi connectivity index (χ4v) is 2.83. The van der Waals surface area contributed by atoms with Gasteiger partial charge in [-0.15, -0.1) is 0 Å². The molecule has 1 aromatic heterocycles. The third-order valence-corrected chi connectivity index (χ3v) is 3.82. The Balaban J connectivity index is 2.02. The minimum atomic E-state index is 0.0999. The predicted molar refractivity (Wildman–Crippen MR) is 74.7 cm³/mol. The van der Waals surface area contributed by atoms with Crippen molar-refractivity contribution in [3.05, 3.63) is 23.4 Å². The third-order valence-electron chi connectivity index (χ3n) is 3.82. The van der Waals surface area contributed by atoms with Gasteiger partial charge in [0.15, 0.2) is 0 Å². The van der Waals surface area contributed by atoms with E-state index in [1.165, 1.54) is 25.7 Å². The largest absolute Gasteiger partial charge is 0.392 e. The van der Waals surface area contributed by atoms with Gasteiger partial charge in [-0.25, -0.2) is 4.98 Å². The molecule has 3 heteroatoms. The van der Waals surface area contributed by atoms with Gasteiger partial charge in [-0.1, -0.05) is 19.8 Å². The summed E-state index contributed by atoms with van der Waals surface area (Å²) in [5, 5.41) is 9.25. The smallest absolute Gasteiger partial charge is 0.129 e. The summed E-state index contributed by atoms with van der Waals surface area (Å²) in [7, 11) is 0. The van der Waals surface area contributed by atoms with Crippen molar-refractivity contribution in [3.63, 3.8) is 0 Å². The van der Waals surface area contributed by atoms with Crippen molar-refractivity contribution in [1.82, 2.24) is 4.98 Å². The van der Waals surface area contributed by atoms with Gasteiger partial charge in [0, 0.05) is 18.8 Å². The molecule has 1 N–H and O–H groups in total. The number of hydrogen-bond acceptors (Lipinski definition) is 3. The summed E-state index contributed by atoms with van der Waals surface area (Å²) in [6, 6.07) is 3.97. The molecule has 0 unspecified atom stereocenters. The molecule has 3 nitrogen and oxygen atoms in total. The highest BCUT2D eigenvalue weighted by Gasteiger charge is 2.19. The molecule has 1 saturated heterocycles. The van der Waals surface area contributed by atoms with E-state index in [0.717, 1.165) is 36.1 Å². The van der Waals surface area contributed by atoms with E-state index in [1.54, 1.807) is 0 Å². The summed E-state index contributed by atoms with van der Waals surface area (Å²) < 4.78 is 0. The second-order valence-corrected chi connectivity index (χ2v) is 5.35. The topological polar surface area (TPSA) is 36.4 Å². The highest BCUT2D eigenvalue weighted by atomic mass is 16.3. The molecule has 100 valence electrons. The van der Waals surface area contributed by atoms with Gasteiger partial charge in [0.25, 0.3) is 0 Å². The number of aliphatic hydroxyl groups is 1. The summed E-state index contributed by atoms with van der Waals surface area (Å²) in [6.07, 6.45) is 5.20. The molecule has 1 aliphatic rings. The van der Waals surface area contributed by atoms with E-state index in [0.29, 0.717) is 0 Å². The van der Waals surface area contributed by atoms with Crippen LogP contribution in [0.25, 0.3) is 0 Å². The first-order valence-corrected chi connectivity index (χ1v) is 7.06. The molecule has 0 radical (unpaired) electrons. The van der Waals surface area contributed by atoms with Crippen molar-refractivity contribution in [2.75, 3.05) is 18.0 Å². The zero-order valence-electron chi connectivity index (χ0n) is 11.5. The van der Waals surface area contributed by atoms with Gasteiger partial charge >= 0.3 is 0 Å². The molecular formula is C15H24N2O. The lowest BCUT2D eigenvalue weighted by molar-refractivity contribution is 0.281. The molecule has 0 spiro atoms. The Morgan fingerprint density at radius 2 is 2.06 bits per heavy atom. The minimum Gasteiger partial charge on any atom is -0.392 e. The summed E-state index contributed by atoms with van der Waals surface area (Å²) in [6.45, 7) is 6.56. The Hall–Kier alpha value is -1.09. The molecular weight excluding hydrogens is 224 g/mol. The van der Waals surface area contributed by atoms with Crippen molar-refractivity contribution < 1.29 is 5.11 Å². The number of hydrogen-bond donors (Lipinski definition) is 1. The maximum atomic E-state index is 9.25. The lowest BCUT2D eigenvalue weighted by Gasteiger charge is -2.33. The van der Waals surface area contributed by atoms with Gasteiger partial charge in [0.05, 0.1) is 6.61 Å². The van der Waals surface area contributed by atoms with Crippen LogP contribution in [0, 0.1) is 12.8 Å². The van der Waals surface area contributed by atoms with Crippen molar-refractivity contribution >= 4 is 5.82 Å². The summed E-state index contributed by atoms with van der Waals surface area (Å²) >= 11 is 0. The van der Waals surface area contributed by atoms with E-state index < -0.39 is 0 Å². The number of rotatable bonds is 4. The molecule has 2 heterocycles. The maximum Gasteiger partial charge on any atom is 0.129 e. The standard InChI is InChI=1S/C15H24N2O/c1-3-4-13-5-7-17(8-6-13)15-10-14(11-18)9-12(2)16-15/h9-10,13,18H,3-8,11H2,1-2H3. The SMILES string of the molecule is CCCC1CCN(c2cc(CO)cc(C)n2)CC1. The first-order valence-electron chi connectivity index (χ1n) is 7.06. The fourth-order valence-electron chi connectivity index (χ4n) is 2.83. The first kappa shape index (κ1) is 13.3. The summed E-state index contributed by atoms with van der Waals surface area (Å²) in [5.41, 5.74) is 1.96. The Morgan fingerprint density at radius 1 is 1.33 bits per heavy atom. The molecule has 18 heavy (non-hydrogen) atoms. The van der Waals surface area contributed by atoms with Crippen LogP contribution < -0.4 is 4.90 Å². The van der Waals surface area contributed by atoms with Crippen LogP contribution in [-0.2, 0) is 6.61 Å². The van der Waals surface area contributed by atoms with E-state index in [4.69, 9.17) is 0 Å². The van der Waals surface area contributed by atoms with Crippen LogP contribution in [0.4, 0.5) is 5.82 Å². The van der Waals surface area contributed by atoms with Crippen molar-refractivity contribution in [3.8, 4) is 0 Å². The second kappa shape index (κ2) is 6.19. The van der Waals surface area contributed by atoms with E-state index in [-0.39, 0.29) is 6.61 Å². The van der Waals surface area contributed by atoms with Crippen molar-refractivity contribution in [2.24, 2.45) is 5.92 Å². The number of aliphatic hydroxyl groups excluding tert-OH is 1. The molecule has 0 saturated carbocycles. The molecule has 0 atom stereocenters. The van der Waals surface area contributed by atoms with E-state index in [9.17, 15) is 5.11 Å². The van der Waals surface area contributed by atoms with Crippen molar-refractivity contribution in [1.29, 1.82) is 0 Å². The van der Waals surface area contributed by atoms with Crippen LogP contribution >= 0.6 is 0 Å². The average molecular weight is 248 g/mol. The highest BCUT2D eigenvalue weighted by molar-refractivity contribution is 5.42. The first-order chi connectivity index (χ1) is 8.72. The van der Waals surface area contributed by atoms with Gasteiger partial charge in [-0.2, -0.15) is 0 Å². The quantitative estimate of drug-likeness (QED) is 0.890. The van der Waals surface area contributed by atoms with Gasteiger partial charge < -0.3 is 10.0 Å². The zero-order chi connectivity index (χ0) is 13.0. The molecule has 0 amide bonds. The second-order valence-electron chi connectivity index (χ2n) is 5.35. The van der Waals surface area contributed by atoms with Crippen LogP contribution in [0.5, 0.6) is 0 Å². The number of piperidine rings is 1. The number of anilines is 1. The van der Waals surface area contributed by atoms with Crippen molar-refractivity contribution in [2.45, 2.75) is 46.1 Å². The molecule has 1 aromatic rings. The predicted octanol–water partition coefficient (Wildman–Crippen LogP) is 2.90. The van der Waals surface area contributed by atoms with Crippen LogP contribution in [0.15, 0.2) is 12.1 Å². The van der Waals surface area contributed by atoms with Crippen LogP contribution in [-0.4, -0.2) is 23.2 Å². The summed E-state index contributed by atoms with van der Waals surface area (Å²) in [5.74, 6) is 1.93. The molecule has 2 rings (SSSR count). The van der Waals surface area contributed by atoms with Crippen LogP contribution in [0.3, 0.4) is 0 Å². The normalized spacial score (nSPS) is 17.2. The average Bonchev–Trinajstić information content (AvgIpc) is 2.39.